The fourth-order valence-electron chi connectivity index (χ4n) is 5.22. The van der Waals surface area contributed by atoms with Crippen LogP contribution in [-0.2, 0) is 9.59 Å². The van der Waals surface area contributed by atoms with Gasteiger partial charge in [0.15, 0.2) is 22.9 Å². The Bertz CT molecular complexity index is 1180. The van der Waals surface area contributed by atoms with E-state index in [9.17, 15) is 30.0 Å². The summed E-state index contributed by atoms with van der Waals surface area (Å²) in [7, 11) is 1.56. The van der Waals surface area contributed by atoms with Gasteiger partial charge in [0.2, 0.25) is 0 Å². The van der Waals surface area contributed by atoms with Gasteiger partial charge >= 0.3 is 5.97 Å². The maximum absolute atomic E-state index is 12.6. The van der Waals surface area contributed by atoms with Crippen molar-refractivity contribution in [2.24, 2.45) is 21.2 Å². The van der Waals surface area contributed by atoms with Gasteiger partial charge in [-0.1, -0.05) is 19.1 Å². The lowest BCUT2D eigenvalue weighted by Crippen LogP contribution is -2.56. The van der Waals surface area contributed by atoms with Crippen molar-refractivity contribution in [1.29, 1.82) is 0 Å². The Hall–Kier alpha value is -3.75. The van der Waals surface area contributed by atoms with E-state index in [-0.39, 0.29) is 31.7 Å². The maximum atomic E-state index is 12.6. The van der Waals surface area contributed by atoms with Crippen LogP contribution in [0.2, 0.25) is 0 Å². The zero-order valence-electron chi connectivity index (χ0n) is 23.5. The summed E-state index contributed by atoms with van der Waals surface area (Å²) in [5.74, 6) is 0.123. The summed E-state index contributed by atoms with van der Waals surface area (Å²) in [5.41, 5.74) is -0.809. The van der Waals surface area contributed by atoms with Crippen molar-refractivity contribution >= 4 is 17.7 Å². The van der Waals surface area contributed by atoms with Crippen LogP contribution in [0.1, 0.15) is 32.3 Å². The van der Waals surface area contributed by atoms with E-state index in [1.165, 1.54) is 10.2 Å². The zero-order valence-corrected chi connectivity index (χ0v) is 23.5. The summed E-state index contributed by atoms with van der Waals surface area (Å²) in [6.07, 6.45) is 1.05. The van der Waals surface area contributed by atoms with Crippen LogP contribution in [0, 0.1) is 15.7 Å². The monoisotopic (exact) mass is 578 g/mol. The molecular formula is C27H38N4O10. The lowest BCUT2D eigenvalue weighted by atomic mass is 9.72. The fraction of sp³-hybridized carbons (Fsp3) is 0.593. The molecule has 1 unspecified atom stereocenters. The van der Waals surface area contributed by atoms with Crippen molar-refractivity contribution in [2.75, 3.05) is 46.4 Å². The van der Waals surface area contributed by atoms with E-state index >= 15 is 0 Å². The third-order valence-electron chi connectivity index (χ3n) is 8.17. The van der Waals surface area contributed by atoms with Gasteiger partial charge in [-0.15, -0.1) is 4.91 Å². The molecule has 4 rings (SSSR count). The molecule has 41 heavy (non-hydrogen) atoms. The zero-order chi connectivity index (χ0) is 30.5. The minimum atomic E-state index is -1.50. The first-order valence-corrected chi connectivity index (χ1v) is 13.1. The van der Waals surface area contributed by atoms with Crippen LogP contribution in [0.15, 0.2) is 40.7 Å². The molecule has 1 amide bonds. The second-order valence-corrected chi connectivity index (χ2v) is 11.0. The second kappa shape index (κ2) is 12.8. The number of ether oxygens (including phenoxy) is 2. The summed E-state index contributed by atoms with van der Waals surface area (Å²) in [6.45, 7) is 6.44. The van der Waals surface area contributed by atoms with E-state index < -0.39 is 41.5 Å². The summed E-state index contributed by atoms with van der Waals surface area (Å²) in [5, 5.41) is 47.0. The number of hydrogen-bond donors (Lipinski definition) is 5. The van der Waals surface area contributed by atoms with Gasteiger partial charge in [-0.2, -0.15) is 0 Å². The predicted molar refractivity (Wildman–Crippen MR) is 146 cm³/mol. The number of dihydropyridines is 1. The van der Waals surface area contributed by atoms with Crippen LogP contribution in [0.25, 0.3) is 0 Å². The van der Waals surface area contributed by atoms with Crippen molar-refractivity contribution in [3.05, 3.63) is 40.8 Å². The molecule has 5 N–H and O–H groups in total. The number of nitrogens with zero attached hydrogens (tertiary/aromatic N) is 4. The molecule has 0 bridgehead atoms. The molecule has 0 aromatic heterocycles. The predicted octanol–water partition coefficient (Wildman–Crippen LogP) is 0.626. The van der Waals surface area contributed by atoms with Crippen molar-refractivity contribution in [2.45, 2.75) is 45.0 Å². The minimum absolute atomic E-state index is 0.132. The molecule has 0 radical (unpaired) electrons. The molecule has 2 saturated heterocycles. The number of carboxylic acids is 1. The highest BCUT2D eigenvalue weighted by Crippen LogP contribution is 2.47. The lowest BCUT2D eigenvalue weighted by Gasteiger charge is -2.41. The first kappa shape index (κ1) is 31.8. The van der Waals surface area contributed by atoms with E-state index in [2.05, 4.69) is 4.99 Å². The minimum Gasteiger partial charge on any atom is -0.493 e. The smallest absolute Gasteiger partial charge is 0.315 e. The first-order valence-electron chi connectivity index (χ1n) is 13.1. The average Bonchev–Trinajstić information content (AvgIpc) is 3.29. The van der Waals surface area contributed by atoms with E-state index in [1.807, 2.05) is 24.0 Å². The number of amides is 1. The van der Waals surface area contributed by atoms with Crippen LogP contribution in [-0.4, -0.2) is 118 Å². The number of benzene rings is 1. The molecule has 2 fully saturated rings. The van der Waals surface area contributed by atoms with Crippen LogP contribution < -0.4 is 9.47 Å². The standard InChI is InChI=1S/C27H37N3O8.HNO2/c1-16(32)27(3)15-30(24(34)20(33)13-31)12-19(27)17-5-6-21(37-4)22(9-17)38-18-10-29(11-18)23-7-8-26(2,14-28-23)25(35)36;2-1-3/h5-9,16,18-20,31-33H,10-15H2,1-4H3,(H,35,36);(H,2,3)/t16-,19+,20+,26?,27+;/m1./s1. The second-order valence-electron chi connectivity index (χ2n) is 11.0. The number of aliphatic carboxylic acids is 1. The molecule has 0 spiro atoms. The largest absolute Gasteiger partial charge is 0.493 e. The van der Waals surface area contributed by atoms with Gasteiger partial charge in [0.1, 0.15) is 17.4 Å². The quantitative estimate of drug-likeness (QED) is 0.214. The number of methoxy groups -OCH3 is 1. The summed E-state index contributed by atoms with van der Waals surface area (Å²) in [4.78, 5) is 40.1. The molecule has 0 aliphatic carbocycles. The normalized spacial score (nSPS) is 27.1. The van der Waals surface area contributed by atoms with Crippen molar-refractivity contribution in [3.63, 3.8) is 0 Å². The van der Waals surface area contributed by atoms with Crippen molar-refractivity contribution in [3.8, 4) is 11.5 Å². The molecular weight excluding hydrogens is 540 g/mol. The highest BCUT2D eigenvalue weighted by atomic mass is 16.6. The Morgan fingerprint density at radius 1 is 1.20 bits per heavy atom. The van der Waals surface area contributed by atoms with Crippen LogP contribution in [0.5, 0.6) is 11.5 Å². The molecule has 226 valence electrons. The number of rotatable bonds is 8. The number of aliphatic imine (C=N–C) groups is 1. The number of carbonyl (C=O) groups is 2. The van der Waals surface area contributed by atoms with Gasteiger partial charge in [-0.05, 0) is 37.6 Å². The van der Waals surface area contributed by atoms with Crippen LogP contribution in [0.3, 0.4) is 0 Å². The number of carboxylic acid groups (broad SMARTS) is 1. The van der Waals surface area contributed by atoms with E-state index in [0.29, 0.717) is 24.6 Å². The van der Waals surface area contributed by atoms with Crippen molar-refractivity contribution in [1.82, 2.24) is 9.80 Å². The Morgan fingerprint density at radius 2 is 1.85 bits per heavy atom. The topological polar surface area (TPSA) is 202 Å². The van der Waals surface area contributed by atoms with Crippen LogP contribution >= 0.6 is 0 Å². The van der Waals surface area contributed by atoms with E-state index in [0.717, 1.165) is 11.4 Å². The third-order valence-corrected chi connectivity index (χ3v) is 8.17. The van der Waals surface area contributed by atoms with Gasteiger partial charge in [0, 0.05) is 24.4 Å². The highest BCUT2D eigenvalue weighted by Gasteiger charge is 2.49. The molecule has 5 atom stereocenters. The molecule has 3 aliphatic heterocycles. The fourth-order valence-corrected chi connectivity index (χ4v) is 5.22. The van der Waals surface area contributed by atoms with E-state index in [4.69, 9.17) is 19.6 Å². The van der Waals surface area contributed by atoms with Gasteiger partial charge < -0.3 is 44.9 Å². The third kappa shape index (κ3) is 6.60. The number of aliphatic hydroxyl groups excluding tert-OH is 3. The Kier molecular flexibility index (Phi) is 9.94. The molecule has 14 nitrogen and oxygen atoms in total. The molecule has 3 aliphatic rings. The van der Waals surface area contributed by atoms with Gasteiger partial charge in [0.05, 0.1) is 39.5 Å². The number of aliphatic hydroxyl groups is 3. The van der Waals surface area contributed by atoms with E-state index in [1.54, 1.807) is 39.2 Å². The van der Waals surface area contributed by atoms with Crippen molar-refractivity contribution < 1.29 is 44.7 Å². The summed E-state index contributed by atoms with van der Waals surface area (Å²) < 4.78 is 11.8. The number of hydrogen-bond acceptors (Lipinski definition) is 11. The summed E-state index contributed by atoms with van der Waals surface area (Å²) >= 11 is 0. The van der Waals surface area contributed by atoms with Crippen LogP contribution in [0.4, 0.5) is 0 Å². The molecule has 3 heterocycles. The van der Waals surface area contributed by atoms with Gasteiger partial charge in [-0.3, -0.25) is 14.6 Å². The lowest BCUT2D eigenvalue weighted by molar-refractivity contribution is -0.144. The molecule has 1 aromatic rings. The SMILES string of the molecule is COc1ccc([C@@H]2CN(C(=O)[C@@H](O)CO)C[C@@]2(C)[C@@H](C)O)cc1OC1CN(C2=NCC(C)(C(=O)O)C=C2)C1.O=NO. The highest BCUT2D eigenvalue weighted by molar-refractivity contribution is 5.96. The Morgan fingerprint density at radius 3 is 2.37 bits per heavy atom. The average molecular weight is 579 g/mol. The molecule has 14 heteroatoms. The molecule has 0 saturated carbocycles. The molecule has 1 aromatic carbocycles. The Balaban J connectivity index is 0.00000147. The number of likely N-dealkylation sites (tertiary alicyclic amines) is 2. The summed E-state index contributed by atoms with van der Waals surface area (Å²) in [6, 6.07) is 5.57. The number of carbonyl (C=O) groups excluding carboxylic acids is 1. The Labute approximate surface area is 237 Å². The number of amidine groups is 1. The first-order chi connectivity index (χ1) is 19.3. The maximum Gasteiger partial charge on any atom is 0.315 e. The van der Waals surface area contributed by atoms with Gasteiger partial charge in [-0.25, -0.2) is 0 Å². The van der Waals surface area contributed by atoms with Gasteiger partial charge in [0.25, 0.3) is 5.91 Å².